The lowest BCUT2D eigenvalue weighted by molar-refractivity contribution is 0.0320. The number of hydrogen-bond donors (Lipinski definition) is 2. The highest BCUT2D eigenvalue weighted by atomic mass is 19.1. The third-order valence-electron chi connectivity index (χ3n) is 3.21. The second kappa shape index (κ2) is 4.52. The van der Waals surface area contributed by atoms with Crippen LogP contribution in [0.2, 0.25) is 0 Å². The van der Waals surface area contributed by atoms with Crippen molar-refractivity contribution >= 4 is 0 Å². The Morgan fingerprint density at radius 3 is 2.81 bits per heavy atom. The van der Waals surface area contributed by atoms with Crippen LogP contribution in [0, 0.1) is 5.82 Å². The lowest BCUT2D eigenvalue weighted by Crippen LogP contribution is -2.38. The number of aliphatic hydroxyl groups is 1. The van der Waals surface area contributed by atoms with E-state index in [-0.39, 0.29) is 5.82 Å². The fourth-order valence-electron chi connectivity index (χ4n) is 1.81. The molecule has 0 heterocycles. The zero-order valence-corrected chi connectivity index (χ0v) is 9.54. The predicted octanol–water partition coefficient (Wildman–Crippen LogP) is 2.18. The molecule has 0 aliphatic heterocycles. The lowest BCUT2D eigenvalue weighted by Gasteiger charge is -2.28. The number of hydrogen-bond acceptors (Lipinski definition) is 2. The summed E-state index contributed by atoms with van der Waals surface area (Å²) in [5.41, 5.74) is -0.298. The van der Waals surface area contributed by atoms with Crippen LogP contribution in [0.1, 0.15) is 31.7 Å². The molecule has 3 heteroatoms. The van der Waals surface area contributed by atoms with Crippen LogP contribution in [0.25, 0.3) is 0 Å². The molecule has 1 aromatic rings. The first-order valence-corrected chi connectivity index (χ1v) is 5.86. The maximum atomic E-state index is 13.1. The first-order chi connectivity index (χ1) is 7.64. The van der Waals surface area contributed by atoms with Crippen molar-refractivity contribution in [3.63, 3.8) is 0 Å². The summed E-state index contributed by atoms with van der Waals surface area (Å²) in [6.07, 6.45) is 2.95. The summed E-state index contributed by atoms with van der Waals surface area (Å²) in [6.45, 7) is 2.41. The van der Waals surface area contributed by atoms with Crippen molar-refractivity contribution in [2.75, 3.05) is 6.54 Å². The van der Waals surface area contributed by atoms with E-state index in [9.17, 15) is 9.50 Å². The van der Waals surface area contributed by atoms with Crippen molar-refractivity contribution in [2.45, 2.75) is 37.8 Å². The van der Waals surface area contributed by atoms with Gasteiger partial charge in [-0.2, -0.15) is 0 Å². The maximum Gasteiger partial charge on any atom is 0.123 e. The molecule has 1 aromatic carbocycles. The van der Waals surface area contributed by atoms with Crippen molar-refractivity contribution in [2.24, 2.45) is 0 Å². The second-order valence-electron chi connectivity index (χ2n) is 4.55. The van der Waals surface area contributed by atoms with Crippen LogP contribution in [-0.2, 0) is 5.60 Å². The van der Waals surface area contributed by atoms with E-state index in [2.05, 4.69) is 5.32 Å². The lowest BCUT2D eigenvalue weighted by atomic mass is 9.91. The van der Waals surface area contributed by atoms with E-state index in [4.69, 9.17) is 0 Å². The normalized spacial score (nSPS) is 19.4. The summed E-state index contributed by atoms with van der Waals surface area (Å²) in [7, 11) is 0. The molecule has 0 radical (unpaired) electrons. The first-order valence-electron chi connectivity index (χ1n) is 5.86. The van der Waals surface area contributed by atoms with Crippen molar-refractivity contribution in [3.8, 4) is 0 Å². The Morgan fingerprint density at radius 1 is 1.50 bits per heavy atom. The van der Waals surface area contributed by atoms with Gasteiger partial charge in [-0.05, 0) is 37.0 Å². The minimum Gasteiger partial charge on any atom is -0.384 e. The second-order valence-corrected chi connectivity index (χ2v) is 4.55. The summed E-state index contributed by atoms with van der Waals surface area (Å²) in [4.78, 5) is 0. The van der Waals surface area contributed by atoms with Crippen LogP contribution in [0.4, 0.5) is 4.39 Å². The molecule has 1 aliphatic rings. The standard InChI is InChI=1S/C13H18FNO/c1-2-13(16,9-15-12-6-7-12)10-4-3-5-11(14)8-10/h3-5,8,12,15-16H,2,6-7,9H2,1H3. The van der Waals surface area contributed by atoms with Gasteiger partial charge in [0.1, 0.15) is 11.4 Å². The zero-order chi connectivity index (χ0) is 11.6. The molecular weight excluding hydrogens is 205 g/mol. The van der Waals surface area contributed by atoms with Gasteiger partial charge in [-0.1, -0.05) is 19.1 Å². The monoisotopic (exact) mass is 223 g/mol. The summed E-state index contributed by atoms with van der Waals surface area (Å²) in [5.74, 6) is -0.296. The van der Waals surface area contributed by atoms with E-state index >= 15 is 0 Å². The summed E-state index contributed by atoms with van der Waals surface area (Å²) in [6, 6.07) is 6.78. The summed E-state index contributed by atoms with van der Waals surface area (Å²) < 4.78 is 13.1. The molecule has 0 spiro atoms. The topological polar surface area (TPSA) is 32.3 Å². The largest absolute Gasteiger partial charge is 0.384 e. The highest BCUT2D eigenvalue weighted by Gasteiger charge is 2.30. The molecular formula is C13H18FNO. The van der Waals surface area contributed by atoms with E-state index in [1.807, 2.05) is 6.92 Å². The van der Waals surface area contributed by atoms with Crippen molar-refractivity contribution in [3.05, 3.63) is 35.6 Å². The molecule has 2 rings (SSSR count). The zero-order valence-electron chi connectivity index (χ0n) is 9.54. The molecule has 1 unspecified atom stereocenters. The van der Waals surface area contributed by atoms with E-state index in [0.29, 0.717) is 24.6 Å². The van der Waals surface area contributed by atoms with Gasteiger partial charge >= 0.3 is 0 Å². The molecule has 88 valence electrons. The minimum atomic E-state index is -0.954. The van der Waals surface area contributed by atoms with Gasteiger partial charge in [-0.15, -0.1) is 0 Å². The van der Waals surface area contributed by atoms with Crippen molar-refractivity contribution in [1.82, 2.24) is 5.32 Å². The number of nitrogens with one attached hydrogen (secondary N) is 1. The van der Waals surface area contributed by atoms with Gasteiger partial charge in [-0.3, -0.25) is 0 Å². The highest BCUT2D eigenvalue weighted by Crippen LogP contribution is 2.27. The molecule has 2 N–H and O–H groups in total. The summed E-state index contributed by atoms with van der Waals surface area (Å²) >= 11 is 0. The van der Waals surface area contributed by atoms with Crippen LogP contribution in [0.5, 0.6) is 0 Å². The van der Waals surface area contributed by atoms with Gasteiger partial charge in [0.2, 0.25) is 0 Å². The Hall–Kier alpha value is -0.930. The molecule has 1 saturated carbocycles. The van der Waals surface area contributed by atoms with Crippen LogP contribution < -0.4 is 5.32 Å². The van der Waals surface area contributed by atoms with Gasteiger partial charge in [0.05, 0.1) is 0 Å². The van der Waals surface area contributed by atoms with Crippen LogP contribution >= 0.6 is 0 Å². The number of benzene rings is 1. The molecule has 2 nitrogen and oxygen atoms in total. The number of rotatable bonds is 5. The Kier molecular flexibility index (Phi) is 3.26. The Labute approximate surface area is 95.5 Å². The smallest absolute Gasteiger partial charge is 0.123 e. The number of halogens is 1. The summed E-state index contributed by atoms with van der Waals surface area (Å²) in [5, 5.41) is 13.8. The molecule has 0 bridgehead atoms. The van der Waals surface area contributed by atoms with Crippen LogP contribution in [0.15, 0.2) is 24.3 Å². The first kappa shape index (κ1) is 11.6. The van der Waals surface area contributed by atoms with E-state index in [1.54, 1.807) is 12.1 Å². The average molecular weight is 223 g/mol. The minimum absolute atomic E-state index is 0.296. The molecule has 16 heavy (non-hydrogen) atoms. The van der Waals surface area contributed by atoms with E-state index in [1.165, 1.54) is 25.0 Å². The van der Waals surface area contributed by atoms with Gasteiger partial charge < -0.3 is 10.4 Å². The molecule has 1 fully saturated rings. The molecule has 0 amide bonds. The molecule has 1 atom stereocenters. The SMILES string of the molecule is CCC(O)(CNC1CC1)c1cccc(F)c1. The Balaban J connectivity index is 2.11. The van der Waals surface area contributed by atoms with Crippen LogP contribution in [0.3, 0.4) is 0 Å². The third kappa shape index (κ3) is 2.60. The van der Waals surface area contributed by atoms with Crippen molar-refractivity contribution in [1.29, 1.82) is 0 Å². The van der Waals surface area contributed by atoms with Gasteiger partial charge in [0.25, 0.3) is 0 Å². The maximum absolute atomic E-state index is 13.1. The molecule has 0 aromatic heterocycles. The quantitative estimate of drug-likeness (QED) is 0.802. The van der Waals surface area contributed by atoms with Gasteiger partial charge in [0.15, 0.2) is 0 Å². The Morgan fingerprint density at radius 2 is 2.25 bits per heavy atom. The Bertz CT molecular complexity index is 365. The fourth-order valence-corrected chi connectivity index (χ4v) is 1.81. The third-order valence-corrected chi connectivity index (χ3v) is 3.21. The van der Waals surface area contributed by atoms with E-state index < -0.39 is 5.60 Å². The molecule has 0 saturated heterocycles. The van der Waals surface area contributed by atoms with Gasteiger partial charge in [0, 0.05) is 12.6 Å². The molecule has 1 aliphatic carbocycles. The highest BCUT2D eigenvalue weighted by molar-refractivity contribution is 5.23. The predicted molar refractivity (Wildman–Crippen MR) is 61.6 cm³/mol. The van der Waals surface area contributed by atoms with Crippen molar-refractivity contribution < 1.29 is 9.50 Å². The van der Waals surface area contributed by atoms with Gasteiger partial charge in [-0.25, -0.2) is 4.39 Å². The van der Waals surface area contributed by atoms with Crippen LogP contribution in [-0.4, -0.2) is 17.7 Å². The van der Waals surface area contributed by atoms with E-state index in [0.717, 1.165) is 0 Å². The average Bonchev–Trinajstić information content (AvgIpc) is 3.10. The fraction of sp³-hybridized carbons (Fsp3) is 0.538.